The summed E-state index contributed by atoms with van der Waals surface area (Å²) in [7, 11) is -10.5. The van der Waals surface area contributed by atoms with E-state index >= 15 is 0 Å². The van der Waals surface area contributed by atoms with Gasteiger partial charge in [0.1, 0.15) is 5.78 Å². The summed E-state index contributed by atoms with van der Waals surface area (Å²) in [5.74, 6) is -16.9. The van der Waals surface area contributed by atoms with Gasteiger partial charge in [0.05, 0.1) is 5.75 Å². The second-order valence-electron chi connectivity index (χ2n) is 7.78. The molecule has 1 saturated carbocycles. The standard InChI is InChI=1S/C16H23F9O4S2/c1-10(2)12(26)9-30(3,11-7-5-4-6-8-11)29-31(27,28)16(24,25)14(19,20)13(17,18)15(21,22)23/h10-11H,4-9H2,1-3H3. The number of hydrogen-bond donors (Lipinski definition) is 0. The summed E-state index contributed by atoms with van der Waals surface area (Å²) in [5, 5.41) is -7.76. The smallest absolute Gasteiger partial charge is 0.298 e. The largest absolute Gasteiger partial charge is 0.460 e. The molecule has 0 aromatic rings. The number of halogens is 9. The summed E-state index contributed by atoms with van der Waals surface area (Å²) in [6, 6.07) is 0. The summed E-state index contributed by atoms with van der Waals surface area (Å²) in [4.78, 5) is 12.2. The number of rotatable bonds is 9. The van der Waals surface area contributed by atoms with Crippen LogP contribution in [0.3, 0.4) is 0 Å². The van der Waals surface area contributed by atoms with Crippen molar-refractivity contribution >= 4 is 26.2 Å². The van der Waals surface area contributed by atoms with E-state index in [1.807, 2.05) is 0 Å². The predicted octanol–water partition coefficient (Wildman–Crippen LogP) is 5.67. The summed E-state index contributed by atoms with van der Waals surface area (Å²) < 4.78 is 147. The third-order valence-electron chi connectivity index (χ3n) is 5.01. The quantitative estimate of drug-likeness (QED) is 0.373. The maximum absolute atomic E-state index is 14.1. The van der Waals surface area contributed by atoms with Crippen molar-refractivity contribution in [1.82, 2.24) is 0 Å². The topological polar surface area (TPSA) is 60.4 Å². The number of hydrogen-bond acceptors (Lipinski definition) is 4. The monoisotopic (exact) mass is 514 g/mol. The molecule has 0 bridgehead atoms. The van der Waals surface area contributed by atoms with Crippen LogP contribution in [-0.2, 0) is 18.5 Å². The molecule has 0 spiro atoms. The third kappa shape index (κ3) is 5.28. The van der Waals surface area contributed by atoms with Crippen molar-refractivity contribution in [3.63, 3.8) is 0 Å². The van der Waals surface area contributed by atoms with Gasteiger partial charge in [0.15, 0.2) is 0 Å². The van der Waals surface area contributed by atoms with Crippen LogP contribution in [0.15, 0.2) is 0 Å². The van der Waals surface area contributed by atoms with Gasteiger partial charge >= 0.3 is 33.4 Å². The van der Waals surface area contributed by atoms with Gasteiger partial charge in [-0.1, -0.05) is 33.1 Å². The van der Waals surface area contributed by atoms with E-state index in [0.29, 0.717) is 19.3 Å². The average molecular weight is 514 g/mol. The van der Waals surface area contributed by atoms with Crippen LogP contribution in [0, 0.1) is 5.92 Å². The zero-order valence-electron chi connectivity index (χ0n) is 16.7. The lowest BCUT2D eigenvalue weighted by Gasteiger charge is -2.44. The van der Waals surface area contributed by atoms with Crippen LogP contribution in [0.2, 0.25) is 0 Å². The highest BCUT2D eigenvalue weighted by molar-refractivity contribution is 8.33. The fourth-order valence-corrected chi connectivity index (χ4v) is 8.50. The number of Topliss-reactive ketones (excluding diaryl/α,β-unsaturated/α-hetero) is 1. The Hall–Kier alpha value is -0.700. The Balaban J connectivity index is 3.44. The lowest BCUT2D eigenvalue weighted by molar-refractivity contribution is -0.382. The van der Waals surface area contributed by atoms with Crippen molar-refractivity contribution in [1.29, 1.82) is 0 Å². The van der Waals surface area contributed by atoms with E-state index < -0.39 is 66.4 Å². The molecule has 186 valence electrons. The predicted molar refractivity (Wildman–Crippen MR) is 96.0 cm³/mol. The van der Waals surface area contributed by atoms with E-state index in [1.165, 1.54) is 13.8 Å². The van der Waals surface area contributed by atoms with Gasteiger partial charge in [-0.05, 0) is 19.1 Å². The molecule has 1 aliphatic rings. The van der Waals surface area contributed by atoms with Gasteiger partial charge in [-0.2, -0.15) is 47.9 Å². The van der Waals surface area contributed by atoms with E-state index in [2.05, 4.69) is 3.63 Å². The Morgan fingerprint density at radius 2 is 1.35 bits per heavy atom. The van der Waals surface area contributed by atoms with Gasteiger partial charge in [0.25, 0.3) is 0 Å². The molecule has 1 atom stereocenters. The molecular formula is C16H23F9O4S2. The Labute approximate surface area is 175 Å². The molecule has 4 nitrogen and oxygen atoms in total. The minimum absolute atomic E-state index is 0.188. The highest BCUT2D eigenvalue weighted by Crippen LogP contribution is 2.61. The minimum atomic E-state index is -7.37. The van der Waals surface area contributed by atoms with Crippen LogP contribution < -0.4 is 0 Å². The average Bonchev–Trinajstić information content (AvgIpc) is 2.60. The molecule has 0 aromatic carbocycles. The Morgan fingerprint density at radius 1 is 0.903 bits per heavy atom. The number of alkyl halides is 9. The number of carbonyl (C=O) groups is 1. The van der Waals surface area contributed by atoms with Crippen molar-refractivity contribution in [2.24, 2.45) is 5.92 Å². The van der Waals surface area contributed by atoms with Gasteiger partial charge in [0.2, 0.25) is 0 Å². The fraction of sp³-hybridized carbons (Fsp3) is 0.938. The van der Waals surface area contributed by atoms with Crippen molar-refractivity contribution in [2.45, 2.75) is 74.5 Å². The van der Waals surface area contributed by atoms with Gasteiger partial charge in [-0.3, -0.25) is 4.79 Å². The third-order valence-corrected chi connectivity index (χ3v) is 10.6. The van der Waals surface area contributed by atoms with E-state index in [4.69, 9.17) is 0 Å². The molecule has 0 aliphatic heterocycles. The Bertz CT molecular complexity index is 760. The van der Waals surface area contributed by atoms with Crippen LogP contribution in [0.1, 0.15) is 46.0 Å². The lowest BCUT2D eigenvalue weighted by Crippen LogP contribution is -2.63. The van der Waals surface area contributed by atoms with Gasteiger partial charge in [-0.15, -0.1) is 10.3 Å². The first kappa shape index (κ1) is 28.3. The van der Waals surface area contributed by atoms with E-state index in [9.17, 15) is 52.7 Å². The molecule has 0 N–H and O–H groups in total. The highest BCUT2D eigenvalue weighted by atomic mass is 32.3. The molecule has 1 aliphatic carbocycles. The first-order valence-electron chi connectivity index (χ1n) is 9.07. The molecule has 15 heteroatoms. The maximum atomic E-state index is 14.1. The molecule has 1 unspecified atom stereocenters. The zero-order valence-corrected chi connectivity index (χ0v) is 18.4. The van der Waals surface area contributed by atoms with E-state index in [-0.39, 0.29) is 12.8 Å². The van der Waals surface area contributed by atoms with E-state index in [1.54, 1.807) is 0 Å². The van der Waals surface area contributed by atoms with Gasteiger partial charge < -0.3 is 0 Å². The Kier molecular flexibility index (Phi) is 8.15. The number of ketones is 1. The van der Waals surface area contributed by atoms with Crippen molar-refractivity contribution in [2.75, 3.05) is 12.0 Å². The van der Waals surface area contributed by atoms with E-state index in [0.717, 1.165) is 6.26 Å². The number of carbonyl (C=O) groups excluding carboxylic acids is 1. The molecule has 1 fully saturated rings. The van der Waals surface area contributed by atoms with Crippen LogP contribution in [0.4, 0.5) is 39.5 Å². The van der Waals surface area contributed by atoms with Crippen LogP contribution >= 0.6 is 10.3 Å². The normalized spacial score (nSPS) is 21.1. The van der Waals surface area contributed by atoms with Crippen molar-refractivity contribution in [3.05, 3.63) is 0 Å². The van der Waals surface area contributed by atoms with Crippen molar-refractivity contribution < 1.29 is 56.4 Å². The van der Waals surface area contributed by atoms with Crippen LogP contribution in [0.25, 0.3) is 0 Å². The second kappa shape index (κ2) is 8.92. The summed E-state index contributed by atoms with van der Waals surface area (Å²) in [6.07, 6.45) is -4.19. The summed E-state index contributed by atoms with van der Waals surface area (Å²) in [6.45, 7) is 2.79. The van der Waals surface area contributed by atoms with Crippen molar-refractivity contribution in [3.8, 4) is 0 Å². The lowest BCUT2D eigenvalue weighted by atomic mass is 10.0. The fourth-order valence-electron chi connectivity index (χ4n) is 2.98. The first-order valence-corrected chi connectivity index (χ1v) is 12.7. The van der Waals surface area contributed by atoms with Gasteiger partial charge in [-0.25, -0.2) is 3.63 Å². The molecule has 0 saturated heterocycles. The summed E-state index contributed by atoms with van der Waals surface area (Å²) in [5.41, 5.74) is 0. The summed E-state index contributed by atoms with van der Waals surface area (Å²) >= 11 is 0. The van der Waals surface area contributed by atoms with Crippen LogP contribution in [-0.4, -0.2) is 54.7 Å². The molecular weight excluding hydrogens is 491 g/mol. The molecule has 1 rings (SSSR count). The maximum Gasteiger partial charge on any atom is 0.460 e. The zero-order chi connectivity index (χ0) is 24.7. The van der Waals surface area contributed by atoms with Crippen LogP contribution in [0.5, 0.6) is 0 Å². The SMILES string of the molecule is CC(C)C(=O)CS(C)(OS(=O)(=O)C(F)(F)C(F)(F)C(F)(F)C(F)(F)F)C1CCCCC1. The molecule has 0 heterocycles. The Morgan fingerprint density at radius 3 is 1.74 bits per heavy atom. The molecule has 0 amide bonds. The molecule has 31 heavy (non-hydrogen) atoms. The molecule has 0 aromatic heterocycles. The minimum Gasteiger partial charge on any atom is -0.298 e. The van der Waals surface area contributed by atoms with Gasteiger partial charge in [0, 0.05) is 11.2 Å². The first-order chi connectivity index (χ1) is 13.6. The second-order valence-corrected chi connectivity index (χ2v) is 12.8. The highest BCUT2D eigenvalue weighted by Gasteiger charge is 2.86. The molecule has 0 radical (unpaired) electrons.